The van der Waals surface area contributed by atoms with E-state index in [4.69, 9.17) is 5.11 Å². The van der Waals surface area contributed by atoms with Crippen molar-refractivity contribution < 1.29 is 18.3 Å². The van der Waals surface area contributed by atoms with Gasteiger partial charge in [0.25, 0.3) is 5.56 Å². The Labute approximate surface area is 171 Å². The molecule has 0 spiro atoms. The monoisotopic (exact) mass is 425 g/mol. The molecule has 0 aliphatic rings. The van der Waals surface area contributed by atoms with E-state index in [2.05, 4.69) is 14.7 Å². The molecule has 0 unspecified atom stereocenters. The number of aryl methyl sites for hydroxylation is 1. The minimum atomic E-state index is -3.64. The lowest BCUT2D eigenvalue weighted by molar-refractivity contribution is -0.136. The second-order valence-corrected chi connectivity index (χ2v) is 8.74. The molecule has 0 aliphatic carbocycles. The van der Waals surface area contributed by atoms with Crippen LogP contribution in [0.4, 0.5) is 5.69 Å². The van der Waals surface area contributed by atoms with Gasteiger partial charge in [-0.05, 0) is 35.7 Å². The fraction of sp³-hybridized carbons (Fsp3) is 0.143. The third kappa shape index (κ3) is 4.06. The number of fused-ring (bicyclic) bond motifs is 3. The molecule has 0 saturated carbocycles. The molecule has 154 valence electrons. The van der Waals surface area contributed by atoms with Gasteiger partial charge < -0.3 is 15.1 Å². The van der Waals surface area contributed by atoms with Gasteiger partial charge in [-0.15, -0.1) is 0 Å². The van der Waals surface area contributed by atoms with E-state index in [1.807, 2.05) is 6.07 Å². The minimum Gasteiger partial charge on any atom is -0.481 e. The highest BCUT2D eigenvalue weighted by Crippen LogP contribution is 2.28. The Morgan fingerprint density at radius 1 is 1.10 bits per heavy atom. The number of carboxylic acid groups (broad SMARTS) is 1. The maximum absolute atomic E-state index is 12.6. The van der Waals surface area contributed by atoms with Gasteiger partial charge in [-0.25, -0.2) is 8.42 Å². The first kappa shape index (κ1) is 19.7. The predicted molar refractivity (Wildman–Crippen MR) is 115 cm³/mol. The molecular weight excluding hydrogens is 406 g/mol. The topological polar surface area (TPSA) is 132 Å². The van der Waals surface area contributed by atoms with Crippen LogP contribution in [0.1, 0.15) is 17.5 Å². The van der Waals surface area contributed by atoms with Crippen molar-refractivity contribution in [3.63, 3.8) is 0 Å². The molecule has 0 amide bonds. The lowest BCUT2D eigenvalue weighted by Gasteiger charge is -2.10. The fourth-order valence-corrected chi connectivity index (χ4v) is 4.70. The molecule has 0 bridgehead atoms. The SMILES string of the molecule is O=C(O)CCc1c[nH]c2c(=O)[nH]c3ccc(NS(=O)(=O)Cc4ccccc4)cc3c12. The lowest BCUT2D eigenvalue weighted by atomic mass is 10.0. The van der Waals surface area contributed by atoms with Crippen molar-refractivity contribution >= 4 is 43.5 Å². The van der Waals surface area contributed by atoms with E-state index in [-0.39, 0.29) is 24.2 Å². The number of sulfonamides is 1. The van der Waals surface area contributed by atoms with Gasteiger partial charge in [0.05, 0.1) is 5.75 Å². The quantitative estimate of drug-likeness (QED) is 0.361. The van der Waals surface area contributed by atoms with E-state index in [0.29, 0.717) is 38.6 Å². The summed E-state index contributed by atoms with van der Waals surface area (Å²) in [6, 6.07) is 13.7. The van der Waals surface area contributed by atoms with E-state index in [0.717, 1.165) is 0 Å². The summed E-state index contributed by atoms with van der Waals surface area (Å²) < 4.78 is 27.7. The number of rotatable bonds is 7. The van der Waals surface area contributed by atoms with Crippen LogP contribution in [0, 0.1) is 0 Å². The number of aliphatic carboxylic acids is 1. The smallest absolute Gasteiger partial charge is 0.303 e. The van der Waals surface area contributed by atoms with Gasteiger partial charge in [-0.3, -0.25) is 14.3 Å². The number of H-pyrrole nitrogens is 2. The average Bonchev–Trinajstić information content (AvgIpc) is 3.12. The van der Waals surface area contributed by atoms with Crippen LogP contribution in [-0.4, -0.2) is 29.5 Å². The first-order valence-electron chi connectivity index (χ1n) is 9.24. The van der Waals surface area contributed by atoms with E-state index < -0.39 is 16.0 Å². The third-order valence-electron chi connectivity index (χ3n) is 4.81. The van der Waals surface area contributed by atoms with Gasteiger partial charge >= 0.3 is 5.97 Å². The lowest BCUT2D eigenvalue weighted by Crippen LogP contribution is -2.15. The summed E-state index contributed by atoms with van der Waals surface area (Å²) in [7, 11) is -3.64. The van der Waals surface area contributed by atoms with Gasteiger partial charge in [0, 0.05) is 34.6 Å². The molecule has 0 radical (unpaired) electrons. The van der Waals surface area contributed by atoms with E-state index in [9.17, 15) is 18.0 Å². The van der Waals surface area contributed by atoms with Gasteiger partial charge in [0.1, 0.15) is 5.52 Å². The van der Waals surface area contributed by atoms with Crippen molar-refractivity contribution in [2.24, 2.45) is 0 Å². The molecule has 2 aromatic heterocycles. The summed E-state index contributed by atoms with van der Waals surface area (Å²) in [6.45, 7) is 0. The zero-order chi connectivity index (χ0) is 21.3. The number of hydrogen-bond acceptors (Lipinski definition) is 4. The summed E-state index contributed by atoms with van der Waals surface area (Å²) in [5.74, 6) is -1.10. The Kier molecular flexibility index (Phi) is 5.04. The molecule has 0 aliphatic heterocycles. The average molecular weight is 425 g/mol. The molecule has 30 heavy (non-hydrogen) atoms. The highest BCUT2D eigenvalue weighted by Gasteiger charge is 2.16. The molecule has 4 rings (SSSR count). The largest absolute Gasteiger partial charge is 0.481 e. The first-order valence-corrected chi connectivity index (χ1v) is 10.9. The Morgan fingerprint density at radius 2 is 1.87 bits per heavy atom. The number of aromatic nitrogens is 2. The minimum absolute atomic E-state index is 0.0787. The maximum Gasteiger partial charge on any atom is 0.303 e. The van der Waals surface area contributed by atoms with Crippen molar-refractivity contribution in [2.45, 2.75) is 18.6 Å². The zero-order valence-corrected chi connectivity index (χ0v) is 16.6. The van der Waals surface area contributed by atoms with Gasteiger partial charge in [-0.2, -0.15) is 0 Å². The Hall–Kier alpha value is -3.59. The van der Waals surface area contributed by atoms with E-state index in [1.54, 1.807) is 48.7 Å². The van der Waals surface area contributed by atoms with Crippen molar-refractivity contribution in [3.8, 4) is 0 Å². The molecule has 2 aromatic carbocycles. The predicted octanol–water partition coefficient (Wildman–Crippen LogP) is 2.97. The number of benzene rings is 2. The summed E-state index contributed by atoms with van der Waals surface area (Å²) >= 11 is 0. The summed E-state index contributed by atoms with van der Waals surface area (Å²) in [6.07, 6.45) is 1.79. The number of carboxylic acids is 1. The maximum atomic E-state index is 12.6. The number of hydrogen-bond donors (Lipinski definition) is 4. The molecule has 0 saturated heterocycles. The van der Waals surface area contributed by atoms with Crippen molar-refractivity contribution in [1.29, 1.82) is 0 Å². The molecule has 0 fully saturated rings. The van der Waals surface area contributed by atoms with Crippen molar-refractivity contribution in [3.05, 3.63) is 76.2 Å². The summed E-state index contributed by atoms with van der Waals surface area (Å²) in [4.78, 5) is 29.0. The van der Waals surface area contributed by atoms with Crippen LogP contribution in [-0.2, 0) is 27.0 Å². The normalized spacial score (nSPS) is 11.7. The Morgan fingerprint density at radius 3 is 2.60 bits per heavy atom. The van der Waals surface area contributed by atoms with Crippen LogP contribution in [0.3, 0.4) is 0 Å². The summed E-state index contributed by atoms with van der Waals surface area (Å²) in [5, 5.41) is 10.2. The number of pyridine rings is 1. The molecular formula is C21H19N3O5S. The van der Waals surface area contributed by atoms with Crippen molar-refractivity contribution in [1.82, 2.24) is 9.97 Å². The molecule has 8 nitrogen and oxygen atoms in total. The molecule has 0 atom stereocenters. The second-order valence-electron chi connectivity index (χ2n) is 7.02. The Balaban J connectivity index is 1.74. The van der Waals surface area contributed by atoms with Crippen LogP contribution in [0.15, 0.2) is 59.5 Å². The van der Waals surface area contributed by atoms with Crippen LogP contribution in [0.5, 0.6) is 0 Å². The number of aromatic amines is 2. The van der Waals surface area contributed by atoms with Crippen LogP contribution < -0.4 is 10.3 Å². The van der Waals surface area contributed by atoms with Gasteiger partial charge in [0.15, 0.2) is 0 Å². The number of anilines is 1. The highest BCUT2D eigenvalue weighted by molar-refractivity contribution is 7.91. The third-order valence-corrected chi connectivity index (χ3v) is 6.07. The number of nitrogens with one attached hydrogen (secondary N) is 3. The Bertz CT molecular complexity index is 1410. The number of carbonyl (C=O) groups is 1. The highest BCUT2D eigenvalue weighted by atomic mass is 32.2. The van der Waals surface area contributed by atoms with E-state index >= 15 is 0 Å². The fourth-order valence-electron chi connectivity index (χ4n) is 3.51. The summed E-state index contributed by atoms with van der Waals surface area (Å²) in [5.41, 5.74) is 2.25. The van der Waals surface area contributed by atoms with Crippen molar-refractivity contribution in [2.75, 3.05) is 4.72 Å². The standard InChI is InChI=1S/C21H19N3O5S/c25-18(26)9-6-14-11-22-20-19(14)16-10-15(7-8-17(16)23-21(20)27)24-30(28,29)12-13-4-2-1-3-5-13/h1-5,7-8,10-11,22,24H,6,9,12H2,(H,23,27)(H,25,26). The van der Waals surface area contributed by atoms with Crippen LogP contribution in [0.2, 0.25) is 0 Å². The molecule has 9 heteroatoms. The molecule has 2 heterocycles. The molecule has 4 aromatic rings. The first-order chi connectivity index (χ1) is 14.3. The van der Waals surface area contributed by atoms with Gasteiger partial charge in [-0.1, -0.05) is 30.3 Å². The van der Waals surface area contributed by atoms with Crippen LogP contribution in [0.25, 0.3) is 21.8 Å². The van der Waals surface area contributed by atoms with Gasteiger partial charge in [0.2, 0.25) is 10.0 Å². The second kappa shape index (κ2) is 7.68. The molecule has 4 N–H and O–H groups in total. The van der Waals surface area contributed by atoms with Crippen LogP contribution >= 0.6 is 0 Å². The zero-order valence-electron chi connectivity index (χ0n) is 15.8. The van der Waals surface area contributed by atoms with E-state index in [1.165, 1.54) is 0 Å².